The largest absolute Gasteiger partial charge is 0.493 e. The van der Waals surface area contributed by atoms with Crippen LogP contribution in [0.25, 0.3) is 0 Å². The molecule has 0 saturated carbocycles. The molecule has 2 aromatic carbocycles. The summed E-state index contributed by atoms with van der Waals surface area (Å²) in [7, 11) is 3.14. The van der Waals surface area contributed by atoms with Crippen molar-refractivity contribution in [1.29, 1.82) is 0 Å². The van der Waals surface area contributed by atoms with E-state index in [1.165, 1.54) is 6.07 Å². The van der Waals surface area contributed by atoms with Crippen molar-refractivity contribution >= 4 is 41.3 Å². The van der Waals surface area contributed by atoms with E-state index in [0.717, 1.165) is 31.3 Å². The number of anilines is 2. The Kier molecular flexibility index (Phi) is 8.30. The summed E-state index contributed by atoms with van der Waals surface area (Å²) in [5.74, 6) is 0.155. The summed E-state index contributed by atoms with van der Waals surface area (Å²) in [4.78, 5) is 6.44. The van der Waals surface area contributed by atoms with Gasteiger partial charge < -0.3 is 25.4 Å². The van der Waals surface area contributed by atoms with Crippen molar-refractivity contribution in [1.82, 2.24) is 0 Å². The normalized spacial score (nSPS) is 16.3. The summed E-state index contributed by atoms with van der Waals surface area (Å²) < 4.78 is 37.0. The van der Waals surface area contributed by atoms with Crippen LogP contribution in [0, 0.1) is 17.6 Å². The van der Waals surface area contributed by atoms with E-state index in [0.29, 0.717) is 35.6 Å². The van der Waals surface area contributed by atoms with E-state index in [2.05, 4.69) is 10.3 Å². The Labute approximate surface area is 186 Å². The molecule has 0 aromatic heterocycles. The van der Waals surface area contributed by atoms with Crippen molar-refractivity contribution in [3.63, 3.8) is 0 Å². The third-order valence-corrected chi connectivity index (χ3v) is 4.73. The van der Waals surface area contributed by atoms with Crippen molar-refractivity contribution in [3.05, 3.63) is 48.0 Å². The number of halogens is 3. The van der Waals surface area contributed by atoms with Gasteiger partial charge in [0.25, 0.3) is 0 Å². The molecule has 0 spiro atoms. The van der Waals surface area contributed by atoms with Gasteiger partial charge in [0.05, 0.1) is 14.2 Å². The van der Waals surface area contributed by atoms with Gasteiger partial charge in [-0.1, -0.05) is 0 Å². The number of ether oxygens (including phenoxy) is 2. The van der Waals surface area contributed by atoms with Gasteiger partial charge in [0.2, 0.25) is 0 Å². The van der Waals surface area contributed by atoms with Gasteiger partial charge >= 0.3 is 0 Å². The molecule has 158 valence electrons. The van der Waals surface area contributed by atoms with E-state index in [4.69, 9.17) is 15.2 Å². The van der Waals surface area contributed by atoms with Crippen LogP contribution < -0.4 is 25.4 Å². The zero-order valence-corrected chi connectivity index (χ0v) is 18.7. The van der Waals surface area contributed by atoms with Crippen molar-refractivity contribution in [2.45, 2.75) is 6.42 Å². The van der Waals surface area contributed by atoms with E-state index < -0.39 is 11.6 Å². The number of hydrogen-bond acceptors (Lipinski definition) is 4. The predicted molar refractivity (Wildman–Crippen MR) is 122 cm³/mol. The van der Waals surface area contributed by atoms with Gasteiger partial charge in [-0.2, -0.15) is 0 Å². The number of nitrogens with zero attached hydrogens (tertiary/aromatic N) is 2. The van der Waals surface area contributed by atoms with Crippen LogP contribution in [-0.2, 0) is 0 Å². The molecular weight excluding hydrogens is 493 g/mol. The summed E-state index contributed by atoms with van der Waals surface area (Å²) in [5, 5.41) is 3.04. The fourth-order valence-corrected chi connectivity index (χ4v) is 3.23. The highest BCUT2D eigenvalue weighted by Crippen LogP contribution is 2.29. The van der Waals surface area contributed by atoms with Gasteiger partial charge in [0.1, 0.15) is 0 Å². The summed E-state index contributed by atoms with van der Waals surface area (Å²) in [5.41, 5.74) is 7.42. The molecule has 0 aliphatic carbocycles. The summed E-state index contributed by atoms with van der Waals surface area (Å²) in [6.45, 7) is 2.04. The molecule has 1 atom stereocenters. The smallest absolute Gasteiger partial charge is 0.193 e. The molecule has 9 heteroatoms. The van der Waals surface area contributed by atoms with Gasteiger partial charge in [-0.05, 0) is 36.6 Å². The number of nitrogens with two attached hydrogens (primary N) is 1. The maximum atomic E-state index is 13.4. The van der Waals surface area contributed by atoms with Crippen molar-refractivity contribution < 1.29 is 18.3 Å². The Morgan fingerprint density at radius 3 is 2.59 bits per heavy atom. The number of nitrogens with one attached hydrogen (secondary N) is 1. The molecule has 0 bridgehead atoms. The molecule has 29 heavy (non-hydrogen) atoms. The second-order valence-electron chi connectivity index (χ2n) is 6.62. The molecule has 1 unspecified atom stereocenters. The standard InChI is InChI=1S/C20H24F2N4O2.HI/c1-27-18-6-3-14(9-19(18)28-2)25-20(23)24-11-13-7-8-26(12-13)15-4-5-16(21)17(22)10-15;/h3-6,9-10,13H,7-8,11-12H2,1-2H3,(H3,23,24,25);1H. The zero-order valence-electron chi connectivity index (χ0n) is 16.3. The van der Waals surface area contributed by atoms with Crippen molar-refractivity contribution in [2.24, 2.45) is 16.6 Å². The van der Waals surface area contributed by atoms with Crippen molar-refractivity contribution in [3.8, 4) is 11.5 Å². The lowest BCUT2D eigenvalue weighted by Gasteiger charge is -2.18. The molecule has 3 rings (SSSR count). The fraction of sp³-hybridized carbons (Fsp3) is 0.350. The number of benzene rings is 2. The minimum atomic E-state index is -0.835. The first-order valence-electron chi connectivity index (χ1n) is 8.99. The topological polar surface area (TPSA) is 72.1 Å². The van der Waals surface area contributed by atoms with Crippen LogP contribution in [0.4, 0.5) is 20.2 Å². The van der Waals surface area contributed by atoms with Gasteiger partial charge in [0.15, 0.2) is 29.1 Å². The molecule has 0 amide bonds. The molecular formula is C20H25F2IN4O2. The summed E-state index contributed by atoms with van der Waals surface area (Å²) >= 11 is 0. The Morgan fingerprint density at radius 1 is 1.14 bits per heavy atom. The van der Waals surface area contributed by atoms with E-state index in [1.54, 1.807) is 32.4 Å². The van der Waals surface area contributed by atoms with Crippen LogP contribution >= 0.6 is 24.0 Å². The Bertz CT molecular complexity index is 866. The Balaban J connectivity index is 0.00000300. The summed E-state index contributed by atoms with van der Waals surface area (Å²) in [6, 6.07) is 9.36. The van der Waals surface area contributed by atoms with Crippen LogP contribution in [0.2, 0.25) is 0 Å². The van der Waals surface area contributed by atoms with Crippen molar-refractivity contribution in [2.75, 3.05) is 44.1 Å². The molecule has 0 radical (unpaired) electrons. The minimum absolute atomic E-state index is 0. The monoisotopic (exact) mass is 518 g/mol. The van der Waals surface area contributed by atoms with E-state index in [-0.39, 0.29) is 24.0 Å². The lowest BCUT2D eigenvalue weighted by molar-refractivity contribution is 0.355. The zero-order chi connectivity index (χ0) is 20.1. The molecule has 3 N–H and O–H groups in total. The number of guanidine groups is 1. The highest BCUT2D eigenvalue weighted by molar-refractivity contribution is 14.0. The molecule has 1 heterocycles. The van der Waals surface area contributed by atoms with Crippen LogP contribution in [0.5, 0.6) is 11.5 Å². The average Bonchev–Trinajstić information content (AvgIpc) is 3.17. The Morgan fingerprint density at radius 2 is 1.90 bits per heavy atom. The van der Waals surface area contributed by atoms with Gasteiger partial charge in [0, 0.05) is 43.1 Å². The van der Waals surface area contributed by atoms with Gasteiger partial charge in [-0.15, -0.1) is 24.0 Å². The fourth-order valence-electron chi connectivity index (χ4n) is 3.23. The first kappa shape index (κ1) is 23.0. The molecule has 1 saturated heterocycles. The average molecular weight is 518 g/mol. The quantitative estimate of drug-likeness (QED) is 0.346. The van der Waals surface area contributed by atoms with Crippen LogP contribution in [0.1, 0.15) is 6.42 Å². The highest BCUT2D eigenvalue weighted by atomic mass is 127. The van der Waals surface area contributed by atoms with Crippen LogP contribution in [0.3, 0.4) is 0 Å². The lowest BCUT2D eigenvalue weighted by atomic mass is 10.1. The molecule has 1 aliphatic rings. The maximum absolute atomic E-state index is 13.4. The van der Waals surface area contributed by atoms with Crippen LogP contribution in [0.15, 0.2) is 41.4 Å². The van der Waals surface area contributed by atoms with Gasteiger partial charge in [-0.25, -0.2) is 8.78 Å². The second kappa shape index (κ2) is 10.5. The highest BCUT2D eigenvalue weighted by Gasteiger charge is 2.23. The SMILES string of the molecule is COc1ccc(NC(N)=NCC2CCN(c3ccc(F)c(F)c3)C2)cc1OC.I. The Hall–Kier alpha value is -2.30. The molecule has 2 aromatic rings. The maximum Gasteiger partial charge on any atom is 0.193 e. The van der Waals surface area contributed by atoms with Gasteiger partial charge in [-0.3, -0.25) is 4.99 Å². The first-order chi connectivity index (χ1) is 13.5. The molecule has 6 nitrogen and oxygen atoms in total. The minimum Gasteiger partial charge on any atom is -0.493 e. The summed E-state index contributed by atoms with van der Waals surface area (Å²) in [6.07, 6.45) is 0.909. The number of aliphatic imine (C=N–C) groups is 1. The predicted octanol–water partition coefficient (Wildman–Crippen LogP) is 3.85. The van der Waals surface area contributed by atoms with E-state index in [1.807, 2.05) is 11.0 Å². The number of rotatable bonds is 6. The third kappa shape index (κ3) is 5.84. The van der Waals surface area contributed by atoms with Crippen LogP contribution in [-0.4, -0.2) is 39.8 Å². The molecule has 1 aliphatic heterocycles. The van der Waals surface area contributed by atoms with E-state index >= 15 is 0 Å². The number of hydrogen-bond donors (Lipinski definition) is 2. The first-order valence-corrected chi connectivity index (χ1v) is 8.99. The third-order valence-electron chi connectivity index (χ3n) is 4.73. The molecule has 1 fully saturated rings. The second-order valence-corrected chi connectivity index (χ2v) is 6.62. The van der Waals surface area contributed by atoms with E-state index in [9.17, 15) is 8.78 Å². The lowest BCUT2D eigenvalue weighted by Crippen LogP contribution is -2.25. The number of methoxy groups -OCH3 is 2.